The number of aromatic nitrogens is 5. The number of amides is 1. The normalized spacial score (nSPS) is 17.3. The first-order valence-electron chi connectivity index (χ1n) is 14.3. The summed E-state index contributed by atoms with van der Waals surface area (Å²) >= 11 is 5.91. The summed E-state index contributed by atoms with van der Waals surface area (Å²) in [6.07, 6.45) is 4.70. The number of hydrogen-bond acceptors (Lipinski definition) is 5. The van der Waals surface area contributed by atoms with Crippen molar-refractivity contribution in [3.8, 4) is 5.69 Å². The number of benzene rings is 1. The molecule has 5 aromatic rings. The predicted molar refractivity (Wildman–Crippen MR) is 160 cm³/mol. The van der Waals surface area contributed by atoms with Crippen LogP contribution in [0.15, 0.2) is 59.8 Å². The summed E-state index contributed by atoms with van der Waals surface area (Å²) in [6, 6.07) is 10.7. The minimum atomic E-state index is -2.89. The van der Waals surface area contributed by atoms with Crippen molar-refractivity contribution in [3.63, 3.8) is 0 Å². The van der Waals surface area contributed by atoms with Gasteiger partial charge in [-0.1, -0.05) is 23.7 Å². The van der Waals surface area contributed by atoms with Gasteiger partial charge in [0.1, 0.15) is 11.3 Å². The van der Waals surface area contributed by atoms with E-state index < -0.39 is 18.0 Å². The summed E-state index contributed by atoms with van der Waals surface area (Å²) in [6.45, 7) is 2.95. The second-order valence-electron chi connectivity index (χ2n) is 11.1. The molecular formula is C31H31ClF2N6O3. The fourth-order valence-electron chi connectivity index (χ4n) is 6.18. The van der Waals surface area contributed by atoms with Gasteiger partial charge in [0.15, 0.2) is 0 Å². The Morgan fingerprint density at radius 1 is 1.12 bits per heavy atom. The van der Waals surface area contributed by atoms with Gasteiger partial charge < -0.3 is 15.0 Å². The van der Waals surface area contributed by atoms with Crippen molar-refractivity contribution in [3.05, 3.63) is 87.3 Å². The van der Waals surface area contributed by atoms with Crippen LogP contribution < -0.4 is 11.0 Å². The zero-order valence-electron chi connectivity index (χ0n) is 23.5. The van der Waals surface area contributed by atoms with Gasteiger partial charge in [-0.3, -0.25) is 18.9 Å². The lowest BCUT2D eigenvalue weighted by Gasteiger charge is -2.29. The minimum absolute atomic E-state index is 0.00684. The first kappa shape index (κ1) is 29.0. The zero-order chi connectivity index (χ0) is 30.2. The van der Waals surface area contributed by atoms with E-state index in [1.165, 1.54) is 6.07 Å². The Balaban J connectivity index is 1.21. The summed E-state index contributed by atoms with van der Waals surface area (Å²) in [4.78, 5) is 35.0. The standard InChI is InChI=1S/C31H31ClF2N6O3/c1-18-16-38(10-11-41)29-23(18)13-22(15-36-29)40-26-5-3-2-4-25(26)39(31(40)43)17-19-6-8-21(9-7-19)37-30(42)24-12-20(32)14-35-27(24)28(33)34/h2-5,12-16,19,21,28,41H,6-11,17H2,1H3,(H,37,42). The van der Waals surface area contributed by atoms with Crippen molar-refractivity contribution >= 4 is 39.6 Å². The molecule has 1 aromatic carbocycles. The molecular weight excluding hydrogens is 578 g/mol. The average molecular weight is 609 g/mol. The van der Waals surface area contributed by atoms with Crippen molar-refractivity contribution in [2.45, 2.75) is 58.2 Å². The second kappa shape index (κ2) is 11.9. The second-order valence-corrected chi connectivity index (χ2v) is 11.5. The molecule has 1 fully saturated rings. The fourth-order valence-corrected chi connectivity index (χ4v) is 6.34. The first-order chi connectivity index (χ1) is 20.7. The number of nitrogens with zero attached hydrogens (tertiary/aromatic N) is 5. The molecule has 0 radical (unpaired) electrons. The Labute approximate surface area is 250 Å². The van der Waals surface area contributed by atoms with Gasteiger partial charge in [-0.05, 0) is 68.4 Å². The number of imidazole rings is 1. The van der Waals surface area contributed by atoms with E-state index >= 15 is 0 Å². The highest BCUT2D eigenvalue weighted by Crippen LogP contribution is 2.29. The smallest absolute Gasteiger partial charge is 0.333 e. The van der Waals surface area contributed by atoms with Crippen LogP contribution in [0.4, 0.5) is 8.78 Å². The van der Waals surface area contributed by atoms with Crippen LogP contribution in [-0.4, -0.2) is 47.3 Å². The summed E-state index contributed by atoms with van der Waals surface area (Å²) in [7, 11) is 0. The number of carbonyl (C=O) groups excluding carboxylic acids is 1. The number of para-hydroxylation sites is 2. The van der Waals surface area contributed by atoms with Gasteiger partial charge in [-0.15, -0.1) is 0 Å². The average Bonchev–Trinajstić information content (AvgIpc) is 3.46. The molecule has 6 rings (SSSR count). The number of nitrogens with one attached hydrogen (secondary N) is 1. The quantitative estimate of drug-likeness (QED) is 0.245. The van der Waals surface area contributed by atoms with Crippen molar-refractivity contribution < 1.29 is 18.7 Å². The lowest BCUT2D eigenvalue weighted by Crippen LogP contribution is -2.39. The number of aliphatic hydroxyl groups excluding tert-OH is 1. The number of halogens is 3. The molecule has 4 aromatic heterocycles. The molecule has 0 bridgehead atoms. The van der Waals surface area contributed by atoms with Gasteiger partial charge in [-0.25, -0.2) is 18.6 Å². The molecule has 0 aliphatic heterocycles. The molecule has 0 spiro atoms. The van der Waals surface area contributed by atoms with Crippen LogP contribution in [0.25, 0.3) is 27.8 Å². The van der Waals surface area contributed by atoms with Crippen molar-refractivity contribution in [2.24, 2.45) is 5.92 Å². The Bertz CT molecular complexity index is 1870. The van der Waals surface area contributed by atoms with Crippen molar-refractivity contribution in [2.75, 3.05) is 6.61 Å². The van der Waals surface area contributed by atoms with E-state index in [9.17, 15) is 23.5 Å². The largest absolute Gasteiger partial charge is 0.395 e. The summed E-state index contributed by atoms with van der Waals surface area (Å²) in [5.74, 6) is -0.412. The summed E-state index contributed by atoms with van der Waals surface area (Å²) in [5, 5.41) is 13.3. The van der Waals surface area contributed by atoms with E-state index in [2.05, 4.69) is 15.3 Å². The number of alkyl halides is 2. The van der Waals surface area contributed by atoms with Crippen LogP contribution in [0, 0.1) is 12.8 Å². The highest BCUT2D eigenvalue weighted by molar-refractivity contribution is 6.30. The van der Waals surface area contributed by atoms with Gasteiger partial charge in [0.25, 0.3) is 12.3 Å². The number of fused-ring (bicyclic) bond motifs is 2. The summed E-state index contributed by atoms with van der Waals surface area (Å²) in [5.41, 5.74) is 3.09. The number of pyridine rings is 2. The van der Waals surface area contributed by atoms with Gasteiger partial charge >= 0.3 is 5.69 Å². The molecule has 1 aliphatic carbocycles. The molecule has 4 heterocycles. The van der Waals surface area contributed by atoms with E-state index in [1.54, 1.807) is 15.3 Å². The molecule has 12 heteroatoms. The molecule has 1 aliphatic rings. The number of aryl methyl sites for hydroxylation is 1. The maximum atomic E-state index is 13.9. The molecule has 0 saturated heterocycles. The van der Waals surface area contributed by atoms with Crippen molar-refractivity contribution in [1.29, 1.82) is 0 Å². The Morgan fingerprint density at radius 2 is 1.86 bits per heavy atom. The number of rotatable bonds is 8. The minimum Gasteiger partial charge on any atom is -0.395 e. The van der Waals surface area contributed by atoms with Gasteiger partial charge in [0, 0.05) is 36.9 Å². The Kier molecular flexibility index (Phi) is 8.02. The third kappa shape index (κ3) is 5.54. The van der Waals surface area contributed by atoms with E-state index in [-0.39, 0.29) is 34.8 Å². The molecule has 1 amide bonds. The van der Waals surface area contributed by atoms with Crippen LogP contribution >= 0.6 is 11.6 Å². The van der Waals surface area contributed by atoms with E-state index in [0.29, 0.717) is 31.6 Å². The molecule has 1 saturated carbocycles. The number of aliphatic hydroxyl groups is 1. The van der Waals surface area contributed by atoms with Crippen LogP contribution in [-0.2, 0) is 13.1 Å². The SMILES string of the molecule is Cc1cn(CCO)c2ncc(-n3c(=O)n(CC4CCC(NC(=O)c5cc(Cl)cnc5C(F)F)CC4)c4ccccc43)cc12. The zero-order valence-corrected chi connectivity index (χ0v) is 24.3. The fraction of sp³-hybridized carbons (Fsp3) is 0.355. The number of hydrogen-bond donors (Lipinski definition) is 2. The highest BCUT2D eigenvalue weighted by Gasteiger charge is 2.27. The first-order valence-corrected chi connectivity index (χ1v) is 14.6. The molecule has 9 nitrogen and oxygen atoms in total. The monoisotopic (exact) mass is 608 g/mol. The van der Waals surface area contributed by atoms with Gasteiger partial charge in [0.05, 0.1) is 40.1 Å². The van der Waals surface area contributed by atoms with Gasteiger partial charge in [-0.2, -0.15) is 0 Å². The van der Waals surface area contributed by atoms with Crippen LogP contribution in [0.1, 0.15) is 53.7 Å². The van der Waals surface area contributed by atoms with E-state index in [0.717, 1.165) is 46.7 Å². The number of carbonyl (C=O) groups is 1. The molecule has 224 valence electrons. The van der Waals surface area contributed by atoms with Crippen LogP contribution in [0.3, 0.4) is 0 Å². The third-order valence-electron chi connectivity index (χ3n) is 8.29. The topological polar surface area (TPSA) is 107 Å². The molecule has 43 heavy (non-hydrogen) atoms. The third-order valence-corrected chi connectivity index (χ3v) is 8.50. The van der Waals surface area contributed by atoms with E-state index in [1.807, 2.05) is 48.0 Å². The summed E-state index contributed by atoms with van der Waals surface area (Å²) < 4.78 is 32.2. The van der Waals surface area contributed by atoms with Crippen LogP contribution in [0.5, 0.6) is 0 Å². The van der Waals surface area contributed by atoms with Crippen LogP contribution in [0.2, 0.25) is 5.02 Å². The Morgan fingerprint density at radius 3 is 2.58 bits per heavy atom. The molecule has 0 unspecified atom stereocenters. The van der Waals surface area contributed by atoms with E-state index in [4.69, 9.17) is 11.6 Å². The van der Waals surface area contributed by atoms with Gasteiger partial charge in [0.2, 0.25) is 0 Å². The highest BCUT2D eigenvalue weighted by atomic mass is 35.5. The Hall–Kier alpha value is -4.09. The predicted octanol–water partition coefficient (Wildman–Crippen LogP) is 5.42. The molecule has 0 atom stereocenters. The maximum Gasteiger partial charge on any atom is 0.333 e. The lowest BCUT2D eigenvalue weighted by molar-refractivity contribution is 0.0904. The van der Waals surface area contributed by atoms with Crippen molar-refractivity contribution in [1.82, 2.24) is 29.0 Å². The maximum absolute atomic E-state index is 13.9. The molecule has 2 N–H and O–H groups in total. The lowest BCUT2D eigenvalue weighted by atomic mass is 9.85.